The molecule has 5 nitrogen and oxygen atoms in total. The van der Waals surface area contributed by atoms with Crippen LogP contribution in [0, 0.1) is 0 Å². The summed E-state index contributed by atoms with van der Waals surface area (Å²) in [5.41, 5.74) is 2.54. The molecule has 0 fully saturated rings. The third-order valence-corrected chi connectivity index (χ3v) is 5.31. The SMILES string of the molecule is COc1ccc(NC(=O)CSc2nc(-c3ccccc3)nc3ccccc23)cc1. The van der Waals surface area contributed by atoms with E-state index in [1.165, 1.54) is 11.8 Å². The van der Waals surface area contributed by atoms with Gasteiger partial charge in [0.1, 0.15) is 10.8 Å². The number of anilines is 1. The zero-order valence-electron chi connectivity index (χ0n) is 15.8. The number of fused-ring (bicyclic) bond motifs is 1. The van der Waals surface area contributed by atoms with Crippen LogP contribution >= 0.6 is 11.8 Å². The maximum absolute atomic E-state index is 12.4. The molecule has 1 amide bonds. The van der Waals surface area contributed by atoms with Crippen LogP contribution in [-0.2, 0) is 4.79 Å². The zero-order chi connectivity index (χ0) is 20.1. The normalized spacial score (nSPS) is 10.7. The van der Waals surface area contributed by atoms with Gasteiger partial charge in [-0.2, -0.15) is 0 Å². The smallest absolute Gasteiger partial charge is 0.234 e. The third-order valence-electron chi connectivity index (χ3n) is 4.31. The first-order valence-corrected chi connectivity index (χ1v) is 10.1. The lowest BCUT2D eigenvalue weighted by Gasteiger charge is -2.09. The summed E-state index contributed by atoms with van der Waals surface area (Å²) in [4.78, 5) is 21.8. The molecule has 0 spiro atoms. The van der Waals surface area contributed by atoms with Crippen LogP contribution in [0.25, 0.3) is 22.3 Å². The van der Waals surface area contributed by atoms with Gasteiger partial charge in [0.2, 0.25) is 5.91 Å². The van der Waals surface area contributed by atoms with Crippen LogP contribution in [0.2, 0.25) is 0 Å². The van der Waals surface area contributed by atoms with Crippen molar-refractivity contribution < 1.29 is 9.53 Å². The molecule has 3 aromatic carbocycles. The fraction of sp³-hybridized carbons (Fsp3) is 0.0870. The van der Waals surface area contributed by atoms with Gasteiger partial charge in [-0.25, -0.2) is 9.97 Å². The topological polar surface area (TPSA) is 64.1 Å². The van der Waals surface area contributed by atoms with Crippen molar-refractivity contribution in [2.24, 2.45) is 0 Å². The molecular formula is C23H19N3O2S. The van der Waals surface area contributed by atoms with Crippen LogP contribution in [0.4, 0.5) is 5.69 Å². The number of carbonyl (C=O) groups excluding carboxylic acids is 1. The van der Waals surface area contributed by atoms with Crippen molar-refractivity contribution in [2.45, 2.75) is 5.03 Å². The van der Waals surface area contributed by atoms with Crippen LogP contribution in [0.15, 0.2) is 83.9 Å². The molecule has 29 heavy (non-hydrogen) atoms. The van der Waals surface area contributed by atoms with Gasteiger partial charge in [-0.15, -0.1) is 0 Å². The van der Waals surface area contributed by atoms with Crippen molar-refractivity contribution in [3.05, 3.63) is 78.9 Å². The van der Waals surface area contributed by atoms with Gasteiger partial charge in [-0.1, -0.05) is 60.3 Å². The number of rotatable bonds is 6. The molecule has 0 saturated carbocycles. The molecule has 0 aliphatic heterocycles. The molecule has 0 bridgehead atoms. The maximum atomic E-state index is 12.4. The van der Waals surface area contributed by atoms with Gasteiger partial charge in [0, 0.05) is 16.6 Å². The third kappa shape index (κ3) is 4.55. The van der Waals surface area contributed by atoms with E-state index in [-0.39, 0.29) is 11.7 Å². The average Bonchev–Trinajstić information content (AvgIpc) is 2.78. The van der Waals surface area contributed by atoms with Crippen LogP contribution < -0.4 is 10.1 Å². The number of nitrogens with zero attached hydrogens (tertiary/aromatic N) is 2. The summed E-state index contributed by atoms with van der Waals surface area (Å²) in [5.74, 6) is 1.56. The molecule has 0 unspecified atom stereocenters. The molecule has 0 saturated heterocycles. The molecular weight excluding hydrogens is 382 g/mol. The van der Waals surface area contributed by atoms with Gasteiger partial charge >= 0.3 is 0 Å². The minimum atomic E-state index is -0.0934. The summed E-state index contributed by atoms with van der Waals surface area (Å²) >= 11 is 1.41. The van der Waals surface area contributed by atoms with Gasteiger partial charge in [-0.05, 0) is 30.3 Å². The number of para-hydroxylation sites is 1. The van der Waals surface area contributed by atoms with E-state index in [1.54, 1.807) is 7.11 Å². The molecule has 1 heterocycles. The summed E-state index contributed by atoms with van der Waals surface area (Å²) < 4.78 is 5.14. The first-order valence-electron chi connectivity index (χ1n) is 9.12. The van der Waals surface area contributed by atoms with Gasteiger partial charge in [0.05, 0.1) is 18.4 Å². The van der Waals surface area contributed by atoms with Crippen molar-refractivity contribution in [3.8, 4) is 17.1 Å². The minimum Gasteiger partial charge on any atom is -0.497 e. The molecule has 1 N–H and O–H groups in total. The number of aromatic nitrogens is 2. The number of benzene rings is 3. The van der Waals surface area contributed by atoms with Gasteiger partial charge < -0.3 is 10.1 Å². The Bertz CT molecular complexity index is 1130. The summed E-state index contributed by atoms with van der Waals surface area (Å²) in [6.45, 7) is 0. The van der Waals surface area contributed by atoms with Crippen molar-refractivity contribution >= 4 is 34.3 Å². The number of thioether (sulfide) groups is 1. The standard InChI is InChI=1S/C23H19N3O2S/c1-28-18-13-11-17(12-14-18)24-21(27)15-29-23-19-9-5-6-10-20(19)25-22(26-23)16-7-3-2-4-8-16/h2-14H,15H2,1H3,(H,24,27). The van der Waals surface area contributed by atoms with Gasteiger partial charge in [0.25, 0.3) is 0 Å². The van der Waals surface area contributed by atoms with Crippen molar-refractivity contribution in [1.82, 2.24) is 9.97 Å². The number of carbonyl (C=O) groups is 1. The first-order chi connectivity index (χ1) is 14.2. The van der Waals surface area contributed by atoms with E-state index in [0.29, 0.717) is 5.82 Å². The highest BCUT2D eigenvalue weighted by atomic mass is 32.2. The number of methoxy groups -OCH3 is 1. The lowest BCUT2D eigenvalue weighted by atomic mass is 10.2. The number of nitrogens with one attached hydrogen (secondary N) is 1. The van der Waals surface area contributed by atoms with E-state index in [0.717, 1.165) is 32.9 Å². The minimum absolute atomic E-state index is 0.0934. The molecule has 0 aliphatic carbocycles. The fourth-order valence-electron chi connectivity index (χ4n) is 2.88. The molecule has 0 atom stereocenters. The number of amides is 1. The highest BCUT2D eigenvalue weighted by Crippen LogP contribution is 2.28. The lowest BCUT2D eigenvalue weighted by molar-refractivity contribution is -0.113. The largest absolute Gasteiger partial charge is 0.497 e. The quantitative estimate of drug-likeness (QED) is 0.362. The highest BCUT2D eigenvalue weighted by molar-refractivity contribution is 8.00. The average molecular weight is 401 g/mol. The van der Waals surface area contributed by atoms with E-state index in [2.05, 4.69) is 10.3 Å². The maximum Gasteiger partial charge on any atom is 0.234 e. The van der Waals surface area contributed by atoms with Crippen LogP contribution in [-0.4, -0.2) is 28.7 Å². The molecule has 6 heteroatoms. The monoisotopic (exact) mass is 401 g/mol. The Hall–Kier alpha value is -3.38. The predicted octanol–water partition coefficient (Wildman–Crippen LogP) is 5.04. The zero-order valence-corrected chi connectivity index (χ0v) is 16.6. The van der Waals surface area contributed by atoms with Crippen LogP contribution in [0.5, 0.6) is 5.75 Å². The number of hydrogen-bond acceptors (Lipinski definition) is 5. The highest BCUT2D eigenvalue weighted by Gasteiger charge is 2.12. The van der Waals surface area contributed by atoms with E-state index < -0.39 is 0 Å². The Morgan fingerprint density at radius 1 is 0.931 bits per heavy atom. The molecule has 0 radical (unpaired) electrons. The van der Waals surface area contributed by atoms with Crippen LogP contribution in [0.3, 0.4) is 0 Å². The summed E-state index contributed by atoms with van der Waals surface area (Å²) in [6.07, 6.45) is 0. The Labute approximate surface area is 173 Å². The molecule has 0 aliphatic rings. The molecule has 1 aromatic heterocycles. The van der Waals surface area contributed by atoms with E-state index >= 15 is 0 Å². The summed E-state index contributed by atoms with van der Waals surface area (Å²) in [5, 5.41) is 4.63. The Balaban J connectivity index is 1.54. The Morgan fingerprint density at radius 2 is 1.66 bits per heavy atom. The molecule has 144 valence electrons. The van der Waals surface area contributed by atoms with Gasteiger partial charge in [0.15, 0.2) is 5.82 Å². The molecule has 4 rings (SSSR count). The number of ether oxygens (including phenoxy) is 1. The van der Waals surface area contributed by atoms with Crippen molar-refractivity contribution in [1.29, 1.82) is 0 Å². The fourth-order valence-corrected chi connectivity index (χ4v) is 3.70. The first kappa shape index (κ1) is 19.0. The van der Waals surface area contributed by atoms with E-state index in [9.17, 15) is 4.79 Å². The lowest BCUT2D eigenvalue weighted by Crippen LogP contribution is -2.14. The second-order valence-corrected chi connectivity index (χ2v) is 7.26. The van der Waals surface area contributed by atoms with E-state index in [4.69, 9.17) is 9.72 Å². The summed E-state index contributed by atoms with van der Waals surface area (Å²) in [6, 6.07) is 25.0. The number of hydrogen-bond donors (Lipinski definition) is 1. The second-order valence-electron chi connectivity index (χ2n) is 6.30. The van der Waals surface area contributed by atoms with Crippen molar-refractivity contribution in [2.75, 3.05) is 18.2 Å². The predicted molar refractivity (Wildman–Crippen MR) is 117 cm³/mol. The second kappa shape index (κ2) is 8.75. The van der Waals surface area contributed by atoms with Gasteiger partial charge in [-0.3, -0.25) is 4.79 Å². The molecule has 4 aromatic rings. The van der Waals surface area contributed by atoms with Crippen molar-refractivity contribution in [3.63, 3.8) is 0 Å². The van der Waals surface area contributed by atoms with Crippen LogP contribution in [0.1, 0.15) is 0 Å². The Kier molecular flexibility index (Phi) is 5.72. The Morgan fingerprint density at radius 3 is 2.41 bits per heavy atom. The summed E-state index contributed by atoms with van der Waals surface area (Å²) in [7, 11) is 1.61. The van der Waals surface area contributed by atoms with E-state index in [1.807, 2.05) is 78.9 Å².